The minimum absolute atomic E-state index is 0.000374. The van der Waals surface area contributed by atoms with Crippen LogP contribution in [0, 0.1) is 6.92 Å². The lowest BCUT2D eigenvalue weighted by Crippen LogP contribution is -2.38. The van der Waals surface area contributed by atoms with Crippen molar-refractivity contribution in [2.24, 2.45) is 0 Å². The molecule has 0 saturated carbocycles. The summed E-state index contributed by atoms with van der Waals surface area (Å²) in [4.78, 5) is 2.41. The van der Waals surface area contributed by atoms with Crippen LogP contribution in [0.4, 0.5) is 11.4 Å². The molecule has 0 atom stereocenters. The fourth-order valence-corrected chi connectivity index (χ4v) is 3.14. The topological polar surface area (TPSA) is 3.24 Å². The predicted molar refractivity (Wildman–Crippen MR) is 105 cm³/mol. The number of nitrogens with zero attached hydrogens (tertiary/aromatic N) is 1. The van der Waals surface area contributed by atoms with Crippen LogP contribution in [-0.4, -0.2) is 5.54 Å². The Kier molecular flexibility index (Phi) is 4.44. The van der Waals surface area contributed by atoms with Gasteiger partial charge in [-0.2, -0.15) is 0 Å². The van der Waals surface area contributed by atoms with E-state index in [9.17, 15) is 0 Å². The number of para-hydroxylation sites is 1. The SMILES string of the molecule is Cc1ccccc1N(c1ccc(-c2ccccc2)cc1)C(C)(C)C. The molecule has 3 rings (SSSR count). The van der Waals surface area contributed by atoms with Gasteiger partial charge in [0.05, 0.1) is 0 Å². The van der Waals surface area contributed by atoms with Crippen LogP contribution in [0.3, 0.4) is 0 Å². The molecule has 0 aliphatic rings. The molecule has 0 amide bonds. The molecule has 1 heteroatoms. The van der Waals surface area contributed by atoms with Gasteiger partial charge in [-0.25, -0.2) is 0 Å². The number of hydrogen-bond acceptors (Lipinski definition) is 1. The van der Waals surface area contributed by atoms with E-state index >= 15 is 0 Å². The number of hydrogen-bond donors (Lipinski definition) is 0. The van der Waals surface area contributed by atoms with Gasteiger partial charge < -0.3 is 4.90 Å². The van der Waals surface area contributed by atoms with E-state index in [2.05, 4.69) is 111 Å². The molecule has 0 N–H and O–H groups in total. The largest absolute Gasteiger partial charge is 0.336 e. The number of rotatable bonds is 3. The van der Waals surface area contributed by atoms with Crippen LogP contribution in [0.15, 0.2) is 78.9 Å². The smallest absolute Gasteiger partial charge is 0.0445 e. The van der Waals surface area contributed by atoms with E-state index < -0.39 is 0 Å². The average Bonchev–Trinajstić information content (AvgIpc) is 2.57. The van der Waals surface area contributed by atoms with E-state index in [1.54, 1.807) is 0 Å². The first-order chi connectivity index (χ1) is 11.5. The lowest BCUT2D eigenvalue weighted by molar-refractivity contribution is 0.559. The maximum Gasteiger partial charge on any atom is 0.0445 e. The second-order valence-electron chi connectivity index (χ2n) is 7.21. The second-order valence-corrected chi connectivity index (χ2v) is 7.21. The lowest BCUT2D eigenvalue weighted by Gasteiger charge is -2.39. The summed E-state index contributed by atoms with van der Waals surface area (Å²) in [6.45, 7) is 8.94. The predicted octanol–water partition coefficient (Wildman–Crippen LogP) is 6.60. The molecule has 0 fully saturated rings. The molecule has 0 aliphatic carbocycles. The normalized spacial score (nSPS) is 11.3. The summed E-state index contributed by atoms with van der Waals surface area (Å²) in [5.74, 6) is 0. The summed E-state index contributed by atoms with van der Waals surface area (Å²) >= 11 is 0. The molecule has 3 aromatic carbocycles. The van der Waals surface area contributed by atoms with Gasteiger partial charge in [-0.1, -0.05) is 60.7 Å². The number of benzene rings is 3. The Hall–Kier alpha value is -2.54. The van der Waals surface area contributed by atoms with Gasteiger partial charge in [-0.3, -0.25) is 0 Å². The summed E-state index contributed by atoms with van der Waals surface area (Å²) in [7, 11) is 0. The molecule has 122 valence electrons. The van der Waals surface area contributed by atoms with Crippen molar-refractivity contribution in [3.05, 3.63) is 84.4 Å². The van der Waals surface area contributed by atoms with Crippen molar-refractivity contribution in [3.63, 3.8) is 0 Å². The van der Waals surface area contributed by atoms with Crippen molar-refractivity contribution >= 4 is 11.4 Å². The fraction of sp³-hybridized carbons (Fsp3) is 0.217. The molecule has 0 radical (unpaired) electrons. The van der Waals surface area contributed by atoms with Crippen LogP contribution in [0.5, 0.6) is 0 Å². The molecule has 0 spiro atoms. The van der Waals surface area contributed by atoms with E-state index in [1.165, 1.54) is 28.1 Å². The van der Waals surface area contributed by atoms with Crippen molar-refractivity contribution in [2.75, 3.05) is 4.90 Å². The monoisotopic (exact) mass is 315 g/mol. The molecule has 0 bridgehead atoms. The standard InChI is InChI=1S/C23H25N/c1-18-10-8-9-13-22(18)24(23(2,3)4)21-16-14-20(15-17-21)19-11-6-5-7-12-19/h5-17H,1-4H3. The summed E-state index contributed by atoms with van der Waals surface area (Å²) in [5, 5.41) is 0. The van der Waals surface area contributed by atoms with Crippen molar-refractivity contribution in [3.8, 4) is 11.1 Å². The van der Waals surface area contributed by atoms with Gasteiger partial charge in [0.25, 0.3) is 0 Å². The maximum absolute atomic E-state index is 2.41. The molecular weight excluding hydrogens is 290 g/mol. The minimum atomic E-state index is 0.000374. The van der Waals surface area contributed by atoms with Crippen molar-refractivity contribution in [1.29, 1.82) is 0 Å². The van der Waals surface area contributed by atoms with Gasteiger partial charge in [-0.15, -0.1) is 0 Å². The highest BCUT2D eigenvalue weighted by molar-refractivity contribution is 5.72. The summed E-state index contributed by atoms with van der Waals surface area (Å²) in [5.41, 5.74) is 6.27. The first-order valence-electron chi connectivity index (χ1n) is 8.48. The molecule has 0 saturated heterocycles. The molecule has 1 nitrogen and oxygen atoms in total. The third-order valence-electron chi connectivity index (χ3n) is 4.26. The van der Waals surface area contributed by atoms with E-state index in [0.717, 1.165) is 0 Å². The molecular formula is C23H25N. The highest BCUT2D eigenvalue weighted by Gasteiger charge is 2.24. The molecule has 0 aromatic heterocycles. The van der Waals surface area contributed by atoms with Gasteiger partial charge in [0.2, 0.25) is 0 Å². The summed E-state index contributed by atoms with van der Waals surface area (Å²) in [6.07, 6.45) is 0. The Morgan fingerprint density at radius 3 is 1.75 bits per heavy atom. The van der Waals surface area contributed by atoms with Crippen LogP contribution >= 0.6 is 0 Å². The zero-order chi connectivity index (χ0) is 17.2. The van der Waals surface area contributed by atoms with Crippen LogP contribution in [0.1, 0.15) is 26.3 Å². The van der Waals surface area contributed by atoms with Gasteiger partial charge in [0.15, 0.2) is 0 Å². The maximum atomic E-state index is 2.41. The lowest BCUT2D eigenvalue weighted by atomic mass is 9.99. The van der Waals surface area contributed by atoms with Crippen LogP contribution in [0.25, 0.3) is 11.1 Å². The van der Waals surface area contributed by atoms with Crippen LogP contribution in [0.2, 0.25) is 0 Å². The molecule has 0 aliphatic heterocycles. The quantitative estimate of drug-likeness (QED) is 0.526. The van der Waals surface area contributed by atoms with Gasteiger partial charge >= 0.3 is 0 Å². The minimum Gasteiger partial charge on any atom is -0.336 e. The molecule has 0 unspecified atom stereocenters. The van der Waals surface area contributed by atoms with Crippen molar-refractivity contribution < 1.29 is 0 Å². The van der Waals surface area contributed by atoms with Gasteiger partial charge in [0.1, 0.15) is 0 Å². The summed E-state index contributed by atoms with van der Waals surface area (Å²) in [6, 6.07) is 28.0. The summed E-state index contributed by atoms with van der Waals surface area (Å²) < 4.78 is 0. The highest BCUT2D eigenvalue weighted by atomic mass is 15.2. The van der Waals surface area contributed by atoms with Crippen molar-refractivity contribution in [2.45, 2.75) is 33.2 Å². The Morgan fingerprint density at radius 1 is 0.625 bits per heavy atom. The number of anilines is 2. The van der Waals surface area contributed by atoms with Crippen molar-refractivity contribution in [1.82, 2.24) is 0 Å². The first kappa shape index (κ1) is 16.3. The van der Waals surface area contributed by atoms with E-state index in [4.69, 9.17) is 0 Å². The Morgan fingerprint density at radius 2 is 1.17 bits per heavy atom. The third-order valence-corrected chi connectivity index (χ3v) is 4.26. The third kappa shape index (κ3) is 3.35. The van der Waals surface area contributed by atoms with Crippen LogP contribution < -0.4 is 4.90 Å². The molecule has 24 heavy (non-hydrogen) atoms. The zero-order valence-electron chi connectivity index (χ0n) is 15.0. The Balaban J connectivity index is 2.02. The zero-order valence-corrected chi connectivity index (χ0v) is 15.0. The van der Waals surface area contributed by atoms with Crippen LogP contribution in [-0.2, 0) is 0 Å². The molecule has 3 aromatic rings. The average molecular weight is 315 g/mol. The molecule has 0 heterocycles. The van der Waals surface area contributed by atoms with E-state index in [1.807, 2.05) is 0 Å². The Bertz CT molecular complexity index is 795. The van der Waals surface area contributed by atoms with Gasteiger partial charge in [0, 0.05) is 16.9 Å². The van der Waals surface area contributed by atoms with E-state index in [-0.39, 0.29) is 5.54 Å². The Labute approximate surface area is 145 Å². The second kappa shape index (κ2) is 6.52. The fourth-order valence-electron chi connectivity index (χ4n) is 3.14. The van der Waals surface area contributed by atoms with Gasteiger partial charge in [-0.05, 0) is 62.6 Å². The number of aryl methyl sites for hydroxylation is 1. The first-order valence-corrected chi connectivity index (χ1v) is 8.48. The highest BCUT2D eigenvalue weighted by Crippen LogP contribution is 2.36. The van der Waals surface area contributed by atoms with E-state index in [0.29, 0.717) is 0 Å².